The Morgan fingerprint density at radius 2 is 2.15 bits per heavy atom. The molecule has 1 saturated heterocycles. The average molecular weight is 178 g/mol. The summed E-state index contributed by atoms with van der Waals surface area (Å²) in [6.07, 6.45) is 3.11. The van der Waals surface area contributed by atoms with Gasteiger partial charge in [-0.3, -0.25) is 4.79 Å². The number of carbonyl (C=O) groups excluding carboxylic acids is 1. The van der Waals surface area contributed by atoms with E-state index in [0.717, 1.165) is 13.1 Å². The second-order valence-electron chi connectivity index (χ2n) is 2.90. The minimum absolute atomic E-state index is 0.202. The lowest BCUT2D eigenvalue weighted by atomic mass is 10.2. The van der Waals surface area contributed by atoms with E-state index in [-0.39, 0.29) is 17.8 Å². The van der Waals surface area contributed by atoms with Gasteiger partial charge >= 0.3 is 0 Å². The highest BCUT2D eigenvalue weighted by Crippen LogP contribution is 1.93. The molecular weight excluding hydrogens is 168 g/mol. The molecule has 2 rings (SSSR count). The number of aromatic nitrogens is 2. The van der Waals surface area contributed by atoms with Gasteiger partial charge in [-0.1, -0.05) is 0 Å². The first-order valence-corrected chi connectivity index (χ1v) is 4.15. The molecule has 1 aromatic rings. The van der Waals surface area contributed by atoms with Crippen LogP contribution in [0, 0.1) is 0 Å². The van der Waals surface area contributed by atoms with Crippen LogP contribution in [-0.4, -0.2) is 35.0 Å². The van der Waals surface area contributed by atoms with Crippen LogP contribution in [0.1, 0.15) is 10.6 Å². The molecule has 2 heterocycles. The Balaban J connectivity index is 1.97. The van der Waals surface area contributed by atoms with Crippen molar-refractivity contribution in [3.05, 3.63) is 24.3 Å². The highest BCUT2D eigenvalue weighted by molar-refractivity contribution is 5.90. The zero-order valence-corrected chi connectivity index (χ0v) is 7.03. The van der Waals surface area contributed by atoms with Crippen molar-refractivity contribution in [3.63, 3.8) is 0 Å². The summed E-state index contributed by atoms with van der Waals surface area (Å²) in [5.41, 5.74) is 0. The van der Waals surface area contributed by atoms with E-state index < -0.39 is 0 Å². The van der Waals surface area contributed by atoms with E-state index in [0.29, 0.717) is 0 Å². The van der Waals surface area contributed by atoms with Crippen LogP contribution >= 0.6 is 0 Å². The third-order valence-corrected chi connectivity index (χ3v) is 1.89. The van der Waals surface area contributed by atoms with E-state index in [2.05, 4.69) is 20.6 Å². The molecule has 1 aliphatic rings. The predicted octanol–water partition coefficient (Wildman–Crippen LogP) is -0.822. The number of hydrogen-bond acceptors (Lipinski definition) is 4. The molecule has 1 amide bonds. The SMILES string of the molecule is O=C(NC1CNC1)c1ncccn1. The molecule has 0 saturated carbocycles. The van der Waals surface area contributed by atoms with Gasteiger partial charge in [0.05, 0.1) is 6.04 Å². The third-order valence-electron chi connectivity index (χ3n) is 1.89. The van der Waals surface area contributed by atoms with Crippen LogP contribution in [-0.2, 0) is 0 Å². The topological polar surface area (TPSA) is 66.9 Å². The van der Waals surface area contributed by atoms with Crippen molar-refractivity contribution >= 4 is 5.91 Å². The van der Waals surface area contributed by atoms with Crippen molar-refractivity contribution in [2.45, 2.75) is 6.04 Å². The highest BCUT2D eigenvalue weighted by Gasteiger charge is 2.20. The average Bonchev–Trinajstić information content (AvgIpc) is 2.12. The molecule has 13 heavy (non-hydrogen) atoms. The van der Waals surface area contributed by atoms with Crippen molar-refractivity contribution in [2.75, 3.05) is 13.1 Å². The maximum Gasteiger partial charge on any atom is 0.289 e. The molecule has 0 bridgehead atoms. The summed E-state index contributed by atoms with van der Waals surface area (Å²) < 4.78 is 0. The summed E-state index contributed by atoms with van der Waals surface area (Å²) in [5.74, 6) is 0.0292. The van der Waals surface area contributed by atoms with Gasteiger partial charge < -0.3 is 10.6 Å². The Morgan fingerprint density at radius 3 is 2.69 bits per heavy atom. The van der Waals surface area contributed by atoms with Crippen molar-refractivity contribution in [3.8, 4) is 0 Å². The largest absolute Gasteiger partial charge is 0.344 e. The van der Waals surface area contributed by atoms with Gasteiger partial charge in [0.2, 0.25) is 5.82 Å². The first-order chi connectivity index (χ1) is 6.36. The molecule has 1 aromatic heterocycles. The van der Waals surface area contributed by atoms with Gasteiger partial charge in [-0.15, -0.1) is 0 Å². The zero-order chi connectivity index (χ0) is 9.10. The van der Waals surface area contributed by atoms with Gasteiger partial charge in [-0.25, -0.2) is 9.97 Å². The molecule has 0 unspecified atom stereocenters. The summed E-state index contributed by atoms with van der Waals surface area (Å²) in [6.45, 7) is 1.66. The van der Waals surface area contributed by atoms with Crippen LogP contribution in [0.2, 0.25) is 0 Å². The summed E-state index contributed by atoms with van der Waals surface area (Å²) in [7, 11) is 0. The second-order valence-corrected chi connectivity index (χ2v) is 2.90. The fourth-order valence-electron chi connectivity index (χ4n) is 1.06. The summed E-state index contributed by atoms with van der Waals surface area (Å²) >= 11 is 0. The third kappa shape index (κ3) is 1.81. The molecule has 2 N–H and O–H groups in total. The molecule has 1 fully saturated rings. The van der Waals surface area contributed by atoms with E-state index in [1.54, 1.807) is 18.5 Å². The first kappa shape index (κ1) is 8.12. The van der Waals surface area contributed by atoms with E-state index in [4.69, 9.17) is 0 Å². The molecule has 68 valence electrons. The quantitative estimate of drug-likeness (QED) is 0.621. The van der Waals surface area contributed by atoms with Gasteiger partial charge in [0.25, 0.3) is 5.91 Å². The Bertz CT molecular complexity index is 296. The van der Waals surface area contributed by atoms with Crippen molar-refractivity contribution in [1.82, 2.24) is 20.6 Å². The van der Waals surface area contributed by atoms with Crippen LogP contribution < -0.4 is 10.6 Å². The van der Waals surface area contributed by atoms with Crippen LogP contribution in [0.4, 0.5) is 0 Å². The Labute approximate surface area is 75.6 Å². The number of carbonyl (C=O) groups is 1. The Morgan fingerprint density at radius 1 is 1.46 bits per heavy atom. The lowest BCUT2D eigenvalue weighted by Gasteiger charge is -2.27. The first-order valence-electron chi connectivity index (χ1n) is 4.15. The van der Waals surface area contributed by atoms with E-state index in [1.807, 2.05) is 0 Å². The van der Waals surface area contributed by atoms with E-state index in [9.17, 15) is 4.79 Å². The maximum atomic E-state index is 11.4. The molecule has 1 aliphatic heterocycles. The number of rotatable bonds is 2. The van der Waals surface area contributed by atoms with Crippen LogP contribution in [0.5, 0.6) is 0 Å². The van der Waals surface area contributed by atoms with Gasteiger partial charge in [0.1, 0.15) is 0 Å². The summed E-state index contributed by atoms with van der Waals surface area (Å²) in [4.78, 5) is 19.1. The monoisotopic (exact) mass is 178 g/mol. The number of nitrogens with one attached hydrogen (secondary N) is 2. The zero-order valence-electron chi connectivity index (χ0n) is 7.03. The number of amides is 1. The fraction of sp³-hybridized carbons (Fsp3) is 0.375. The molecule has 0 aliphatic carbocycles. The van der Waals surface area contributed by atoms with Gasteiger partial charge in [-0.05, 0) is 6.07 Å². The second kappa shape index (κ2) is 3.49. The molecule has 0 aromatic carbocycles. The molecular formula is C8H10N4O. The van der Waals surface area contributed by atoms with Crippen LogP contribution in [0.3, 0.4) is 0 Å². The molecule has 0 atom stereocenters. The standard InChI is InChI=1S/C8H10N4O/c13-8(12-6-4-9-5-6)7-10-2-1-3-11-7/h1-3,6,9H,4-5H2,(H,12,13). The van der Waals surface area contributed by atoms with Crippen LogP contribution in [0.25, 0.3) is 0 Å². The molecule has 0 radical (unpaired) electrons. The van der Waals surface area contributed by atoms with E-state index in [1.165, 1.54) is 0 Å². The molecule has 5 nitrogen and oxygen atoms in total. The normalized spacial score (nSPS) is 16.3. The summed E-state index contributed by atoms with van der Waals surface area (Å²) in [6, 6.07) is 1.91. The lowest BCUT2D eigenvalue weighted by molar-refractivity contribution is 0.0913. The Kier molecular flexibility index (Phi) is 2.18. The van der Waals surface area contributed by atoms with Crippen molar-refractivity contribution < 1.29 is 4.79 Å². The van der Waals surface area contributed by atoms with Gasteiger partial charge in [0.15, 0.2) is 0 Å². The predicted molar refractivity (Wildman–Crippen MR) is 46.2 cm³/mol. The minimum Gasteiger partial charge on any atom is -0.344 e. The van der Waals surface area contributed by atoms with E-state index >= 15 is 0 Å². The van der Waals surface area contributed by atoms with Crippen molar-refractivity contribution in [1.29, 1.82) is 0 Å². The molecule has 5 heteroatoms. The van der Waals surface area contributed by atoms with Gasteiger partial charge in [0, 0.05) is 25.5 Å². The fourth-order valence-corrected chi connectivity index (χ4v) is 1.06. The minimum atomic E-state index is -0.202. The van der Waals surface area contributed by atoms with Crippen LogP contribution in [0.15, 0.2) is 18.5 Å². The lowest BCUT2D eigenvalue weighted by Crippen LogP contribution is -2.57. The highest BCUT2D eigenvalue weighted by atomic mass is 16.2. The maximum absolute atomic E-state index is 11.4. The summed E-state index contributed by atoms with van der Waals surface area (Å²) in [5, 5.41) is 5.87. The van der Waals surface area contributed by atoms with Gasteiger partial charge in [-0.2, -0.15) is 0 Å². The Hall–Kier alpha value is -1.49. The smallest absolute Gasteiger partial charge is 0.289 e. The van der Waals surface area contributed by atoms with Crippen molar-refractivity contribution in [2.24, 2.45) is 0 Å². The number of hydrogen-bond donors (Lipinski definition) is 2. The number of nitrogens with zero attached hydrogens (tertiary/aromatic N) is 2. The molecule has 0 spiro atoms.